The number of halogens is 1. The average Bonchev–Trinajstić information content (AvgIpc) is 3.10. The fourth-order valence-corrected chi connectivity index (χ4v) is 4.34. The quantitative estimate of drug-likeness (QED) is 0.635. The second-order valence-corrected chi connectivity index (χ2v) is 8.14. The minimum atomic E-state index is -0.237. The van der Waals surface area contributed by atoms with Crippen molar-refractivity contribution in [2.24, 2.45) is 13.0 Å². The summed E-state index contributed by atoms with van der Waals surface area (Å²) in [5.74, 6) is 0.00110. The van der Waals surface area contributed by atoms with E-state index >= 15 is 0 Å². The summed E-state index contributed by atoms with van der Waals surface area (Å²) in [6.07, 6.45) is 0.849. The summed E-state index contributed by atoms with van der Waals surface area (Å²) in [5.41, 5.74) is 5.20. The Balaban J connectivity index is 1.69. The van der Waals surface area contributed by atoms with Gasteiger partial charge in [-0.2, -0.15) is 5.10 Å². The van der Waals surface area contributed by atoms with Gasteiger partial charge in [-0.25, -0.2) is 4.39 Å². The zero-order valence-corrected chi connectivity index (χ0v) is 17.3. The summed E-state index contributed by atoms with van der Waals surface area (Å²) >= 11 is 0. The molecule has 1 aromatic heterocycles. The molecule has 0 saturated heterocycles. The Labute approximate surface area is 171 Å². The monoisotopic (exact) mass is 391 g/mol. The first-order chi connectivity index (χ1) is 13.9. The van der Waals surface area contributed by atoms with Crippen LogP contribution in [0.25, 0.3) is 11.3 Å². The summed E-state index contributed by atoms with van der Waals surface area (Å²) in [7, 11) is 1.82. The molecule has 4 nitrogen and oxygen atoms in total. The molecule has 4 rings (SSSR count). The largest absolute Gasteiger partial charge is 0.330 e. The highest BCUT2D eigenvalue weighted by Gasteiger charge is 2.34. The first-order valence-electron chi connectivity index (χ1n) is 10.1. The molecule has 1 aliphatic rings. The molecular weight excluding hydrogens is 365 g/mol. The number of amides is 1. The molecule has 0 spiro atoms. The number of hydrogen-bond acceptors (Lipinski definition) is 2. The highest BCUT2D eigenvalue weighted by atomic mass is 19.1. The van der Waals surface area contributed by atoms with Gasteiger partial charge in [0.05, 0.1) is 11.7 Å². The van der Waals surface area contributed by atoms with Crippen LogP contribution in [0.15, 0.2) is 48.5 Å². The molecule has 1 atom stereocenters. The maximum absolute atomic E-state index is 13.6. The van der Waals surface area contributed by atoms with Gasteiger partial charge >= 0.3 is 0 Å². The van der Waals surface area contributed by atoms with Crippen molar-refractivity contribution in [3.8, 4) is 11.3 Å². The predicted octanol–water partition coefficient (Wildman–Crippen LogP) is 4.93. The third-order valence-electron chi connectivity index (χ3n) is 5.78. The third-order valence-corrected chi connectivity index (χ3v) is 5.78. The predicted molar refractivity (Wildman–Crippen MR) is 112 cm³/mol. The van der Waals surface area contributed by atoms with Crippen molar-refractivity contribution in [1.29, 1.82) is 0 Å². The van der Waals surface area contributed by atoms with E-state index in [1.807, 2.05) is 24.1 Å². The standard InChI is InChI=1S/C24H26FN3O/c1-15(2)23-19-8-6-5-7-17(19)11-12-28(23)24(29)21-14-22(27(4)26-21)18-9-10-20(25)16(3)13-18/h5-10,13-15,23H,11-12H2,1-4H3. The molecule has 29 heavy (non-hydrogen) atoms. The van der Waals surface area contributed by atoms with Crippen LogP contribution in [0.5, 0.6) is 0 Å². The Morgan fingerprint density at radius 2 is 1.93 bits per heavy atom. The zero-order chi connectivity index (χ0) is 20.7. The van der Waals surface area contributed by atoms with Crippen molar-refractivity contribution in [1.82, 2.24) is 14.7 Å². The van der Waals surface area contributed by atoms with E-state index in [2.05, 4.69) is 37.1 Å². The summed E-state index contributed by atoms with van der Waals surface area (Å²) < 4.78 is 15.3. The molecule has 0 aliphatic carbocycles. The van der Waals surface area contributed by atoms with Crippen molar-refractivity contribution in [3.05, 3.63) is 76.7 Å². The Hall–Kier alpha value is -2.95. The van der Waals surface area contributed by atoms with E-state index < -0.39 is 0 Å². The van der Waals surface area contributed by atoms with Crippen LogP contribution >= 0.6 is 0 Å². The highest BCUT2D eigenvalue weighted by molar-refractivity contribution is 5.94. The fourth-order valence-electron chi connectivity index (χ4n) is 4.34. The molecule has 3 aromatic rings. The molecule has 5 heteroatoms. The van der Waals surface area contributed by atoms with Crippen molar-refractivity contribution >= 4 is 5.91 Å². The van der Waals surface area contributed by atoms with Crippen LogP contribution in [0, 0.1) is 18.7 Å². The smallest absolute Gasteiger partial charge is 0.274 e. The lowest BCUT2D eigenvalue weighted by Gasteiger charge is -2.39. The molecule has 0 radical (unpaired) electrons. The third kappa shape index (κ3) is 3.46. The van der Waals surface area contributed by atoms with Gasteiger partial charge < -0.3 is 4.90 Å². The molecule has 150 valence electrons. The van der Waals surface area contributed by atoms with E-state index in [-0.39, 0.29) is 17.8 Å². The fraction of sp³-hybridized carbons (Fsp3) is 0.333. The lowest BCUT2D eigenvalue weighted by Crippen LogP contribution is -2.42. The minimum Gasteiger partial charge on any atom is -0.330 e. The summed E-state index contributed by atoms with van der Waals surface area (Å²) in [6, 6.07) is 15.2. The van der Waals surface area contributed by atoms with Gasteiger partial charge in [0.25, 0.3) is 5.91 Å². The minimum absolute atomic E-state index is 0.0333. The molecule has 1 unspecified atom stereocenters. The van der Waals surface area contributed by atoms with Gasteiger partial charge in [0.1, 0.15) is 5.82 Å². The summed E-state index contributed by atoms with van der Waals surface area (Å²) in [4.78, 5) is 15.4. The maximum Gasteiger partial charge on any atom is 0.274 e. The number of fused-ring (bicyclic) bond motifs is 1. The zero-order valence-electron chi connectivity index (χ0n) is 17.3. The van der Waals surface area contributed by atoms with E-state index in [1.54, 1.807) is 23.7 Å². The Bertz CT molecular complexity index is 1070. The van der Waals surface area contributed by atoms with Crippen molar-refractivity contribution < 1.29 is 9.18 Å². The first-order valence-corrected chi connectivity index (χ1v) is 10.1. The molecular formula is C24H26FN3O. The van der Waals surface area contributed by atoms with E-state index in [4.69, 9.17) is 0 Å². The van der Waals surface area contributed by atoms with Crippen molar-refractivity contribution in [2.45, 2.75) is 33.2 Å². The van der Waals surface area contributed by atoms with Crippen LogP contribution in [0.3, 0.4) is 0 Å². The van der Waals surface area contributed by atoms with Crippen LogP contribution < -0.4 is 0 Å². The van der Waals surface area contributed by atoms with Gasteiger partial charge in [0, 0.05) is 19.2 Å². The maximum atomic E-state index is 13.6. The number of benzene rings is 2. The molecule has 0 bridgehead atoms. The molecule has 2 heterocycles. The van der Waals surface area contributed by atoms with Gasteiger partial charge in [-0.1, -0.05) is 38.1 Å². The van der Waals surface area contributed by atoms with Gasteiger partial charge in [-0.05, 0) is 60.2 Å². The number of aromatic nitrogens is 2. The van der Waals surface area contributed by atoms with Crippen LogP contribution in [0.1, 0.15) is 47.1 Å². The number of hydrogen-bond donors (Lipinski definition) is 0. The molecule has 2 aromatic carbocycles. The molecule has 1 aliphatic heterocycles. The summed E-state index contributed by atoms with van der Waals surface area (Å²) in [5, 5.41) is 4.50. The average molecular weight is 391 g/mol. The Morgan fingerprint density at radius 1 is 1.17 bits per heavy atom. The molecule has 0 saturated carbocycles. The topological polar surface area (TPSA) is 38.1 Å². The van der Waals surface area contributed by atoms with Gasteiger partial charge in [0.15, 0.2) is 5.69 Å². The molecule has 0 fully saturated rings. The van der Waals surface area contributed by atoms with Crippen LogP contribution in [-0.2, 0) is 13.5 Å². The number of carbonyl (C=O) groups is 1. The number of rotatable bonds is 3. The van der Waals surface area contributed by atoms with Gasteiger partial charge in [-0.15, -0.1) is 0 Å². The van der Waals surface area contributed by atoms with Gasteiger partial charge in [0.2, 0.25) is 0 Å². The Morgan fingerprint density at radius 3 is 2.66 bits per heavy atom. The van der Waals surface area contributed by atoms with Crippen molar-refractivity contribution in [3.63, 3.8) is 0 Å². The molecule has 0 N–H and O–H groups in total. The SMILES string of the molecule is Cc1cc(-c2cc(C(=O)N3CCc4ccccc4C3C(C)C)nn2C)ccc1F. The van der Waals surface area contributed by atoms with Crippen LogP contribution in [0.4, 0.5) is 4.39 Å². The lowest BCUT2D eigenvalue weighted by atomic mass is 9.86. The normalized spacial score (nSPS) is 16.2. The molecule has 1 amide bonds. The summed E-state index contributed by atoms with van der Waals surface area (Å²) in [6.45, 7) is 6.72. The van der Waals surface area contributed by atoms with E-state index in [0.29, 0.717) is 23.7 Å². The number of aryl methyl sites for hydroxylation is 2. The number of nitrogens with zero attached hydrogens (tertiary/aromatic N) is 3. The van der Waals surface area contributed by atoms with Crippen LogP contribution in [-0.4, -0.2) is 27.1 Å². The van der Waals surface area contributed by atoms with Crippen LogP contribution in [0.2, 0.25) is 0 Å². The lowest BCUT2D eigenvalue weighted by molar-refractivity contribution is 0.0596. The van der Waals surface area contributed by atoms with E-state index in [1.165, 1.54) is 17.2 Å². The second kappa shape index (κ2) is 7.47. The van der Waals surface area contributed by atoms with Gasteiger partial charge in [-0.3, -0.25) is 9.48 Å². The Kier molecular flexibility index (Phi) is 4.99. The highest BCUT2D eigenvalue weighted by Crippen LogP contribution is 2.36. The first kappa shape index (κ1) is 19.4. The van der Waals surface area contributed by atoms with Crippen molar-refractivity contribution in [2.75, 3.05) is 6.54 Å². The van der Waals surface area contributed by atoms with E-state index in [9.17, 15) is 9.18 Å². The number of carbonyl (C=O) groups excluding carboxylic acids is 1. The van der Waals surface area contributed by atoms with E-state index in [0.717, 1.165) is 17.7 Å². The second-order valence-electron chi connectivity index (χ2n) is 8.14.